The number of ether oxygens (including phenoxy) is 3. The molecule has 0 unspecified atom stereocenters. The molecule has 0 aliphatic carbocycles. The zero-order valence-electron chi connectivity index (χ0n) is 14.9. The number of benzene rings is 1. The number of fused-ring (bicyclic) bond motifs is 1. The quantitative estimate of drug-likeness (QED) is 0.874. The second-order valence-electron chi connectivity index (χ2n) is 6.54. The SMILES string of the molecule is COc1cc2c(cc1OC)CCN(C(=O)C1(N)CCOCC1)CC2.Cl. The van der Waals surface area contributed by atoms with Gasteiger partial charge in [-0.25, -0.2) is 0 Å². The molecular weight excluding hydrogens is 344 g/mol. The number of halogens is 1. The molecule has 2 aliphatic heterocycles. The van der Waals surface area contributed by atoms with E-state index >= 15 is 0 Å². The molecule has 1 fully saturated rings. The van der Waals surface area contributed by atoms with Gasteiger partial charge >= 0.3 is 0 Å². The normalized spacial score (nSPS) is 19.2. The largest absolute Gasteiger partial charge is 0.493 e. The highest BCUT2D eigenvalue weighted by molar-refractivity contribution is 5.86. The molecule has 1 saturated heterocycles. The third kappa shape index (κ3) is 4.02. The van der Waals surface area contributed by atoms with Crippen LogP contribution in [0.25, 0.3) is 0 Å². The fourth-order valence-electron chi connectivity index (χ4n) is 3.52. The minimum atomic E-state index is -0.774. The molecule has 2 aliphatic rings. The number of carbonyl (C=O) groups is 1. The molecular formula is C18H27ClN2O4. The Morgan fingerprint density at radius 2 is 1.56 bits per heavy atom. The first-order chi connectivity index (χ1) is 11.6. The number of amides is 1. The van der Waals surface area contributed by atoms with Gasteiger partial charge in [-0.1, -0.05) is 0 Å². The van der Waals surface area contributed by atoms with Gasteiger partial charge in [-0.2, -0.15) is 0 Å². The smallest absolute Gasteiger partial charge is 0.242 e. The molecule has 0 radical (unpaired) electrons. The van der Waals surface area contributed by atoms with Gasteiger partial charge in [0.25, 0.3) is 0 Å². The van der Waals surface area contributed by atoms with Gasteiger partial charge in [0.15, 0.2) is 11.5 Å². The molecule has 0 atom stereocenters. The predicted molar refractivity (Wildman–Crippen MR) is 97.8 cm³/mol. The van der Waals surface area contributed by atoms with Gasteiger partial charge in [-0.15, -0.1) is 12.4 Å². The van der Waals surface area contributed by atoms with Crippen LogP contribution >= 0.6 is 12.4 Å². The molecule has 2 heterocycles. The summed E-state index contributed by atoms with van der Waals surface area (Å²) < 4.78 is 16.1. The summed E-state index contributed by atoms with van der Waals surface area (Å²) in [4.78, 5) is 14.8. The fraction of sp³-hybridized carbons (Fsp3) is 0.611. The van der Waals surface area contributed by atoms with Gasteiger partial charge in [0.05, 0.1) is 19.8 Å². The van der Waals surface area contributed by atoms with Crippen LogP contribution in [0.1, 0.15) is 24.0 Å². The van der Waals surface area contributed by atoms with Crippen LogP contribution in [0.5, 0.6) is 11.5 Å². The second kappa shape index (κ2) is 8.25. The van der Waals surface area contributed by atoms with Gasteiger partial charge in [-0.3, -0.25) is 4.79 Å². The summed E-state index contributed by atoms with van der Waals surface area (Å²) in [5, 5.41) is 0. The Balaban J connectivity index is 0.00000225. The van der Waals surface area contributed by atoms with E-state index in [0.29, 0.717) is 39.1 Å². The first-order valence-electron chi connectivity index (χ1n) is 8.47. The zero-order chi connectivity index (χ0) is 17.2. The number of nitrogens with two attached hydrogens (primary N) is 1. The Morgan fingerprint density at radius 3 is 2.00 bits per heavy atom. The lowest BCUT2D eigenvalue weighted by molar-refractivity contribution is -0.140. The molecule has 2 N–H and O–H groups in total. The van der Waals surface area contributed by atoms with Crippen LogP contribution in [-0.2, 0) is 22.4 Å². The Kier molecular flexibility index (Phi) is 6.54. The van der Waals surface area contributed by atoms with E-state index in [2.05, 4.69) is 0 Å². The summed E-state index contributed by atoms with van der Waals surface area (Å²) in [5.74, 6) is 1.52. The Morgan fingerprint density at radius 1 is 1.08 bits per heavy atom. The number of nitrogens with zero attached hydrogens (tertiary/aromatic N) is 1. The molecule has 0 aromatic heterocycles. The van der Waals surface area contributed by atoms with Crippen LogP contribution in [-0.4, -0.2) is 56.9 Å². The van der Waals surface area contributed by atoms with E-state index in [4.69, 9.17) is 19.9 Å². The van der Waals surface area contributed by atoms with Crippen molar-refractivity contribution >= 4 is 18.3 Å². The predicted octanol–water partition coefficient (Wildman–Crippen LogP) is 1.56. The molecule has 3 rings (SSSR count). The maximum Gasteiger partial charge on any atom is 0.242 e. The van der Waals surface area contributed by atoms with Crippen LogP contribution < -0.4 is 15.2 Å². The van der Waals surface area contributed by atoms with Gasteiger partial charge in [-0.05, 0) is 48.9 Å². The summed E-state index contributed by atoms with van der Waals surface area (Å²) in [7, 11) is 3.28. The van der Waals surface area contributed by atoms with Crippen LogP contribution in [0.3, 0.4) is 0 Å². The molecule has 1 aromatic carbocycles. The molecule has 7 heteroatoms. The lowest BCUT2D eigenvalue weighted by Gasteiger charge is -2.36. The van der Waals surface area contributed by atoms with Gasteiger partial charge in [0.1, 0.15) is 0 Å². The molecule has 1 aromatic rings. The lowest BCUT2D eigenvalue weighted by Crippen LogP contribution is -2.58. The molecule has 0 spiro atoms. The van der Waals surface area contributed by atoms with Crippen molar-refractivity contribution in [3.8, 4) is 11.5 Å². The summed E-state index contributed by atoms with van der Waals surface area (Å²) in [6.45, 7) is 2.48. The average molecular weight is 371 g/mol. The van der Waals surface area contributed by atoms with Gasteiger partial charge in [0, 0.05) is 26.3 Å². The first kappa shape index (κ1) is 19.8. The van der Waals surface area contributed by atoms with E-state index in [1.54, 1.807) is 14.2 Å². The Hall–Kier alpha value is -1.50. The van der Waals surface area contributed by atoms with E-state index in [1.165, 1.54) is 11.1 Å². The minimum Gasteiger partial charge on any atom is -0.493 e. The summed E-state index contributed by atoms with van der Waals surface area (Å²) in [6.07, 6.45) is 2.79. The standard InChI is InChI=1S/C18H26N2O4.ClH/c1-22-15-11-13-3-7-20(8-4-14(13)12-16(15)23-2)17(21)18(19)5-9-24-10-6-18;/h11-12H,3-10,19H2,1-2H3;1H. The van der Waals surface area contributed by atoms with Crippen LogP contribution in [0.15, 0.2) is 12.1 Å². The highest BCUT2D eigenvalue weighted by Crippen LogP contribution is 2.32. The third-order valence-electron chi connectivity index (χ3n) is 5.11. The van der Waals surface area contributed by atoms with Gasteiger partial charge in [0.2, 0.25) is 5.91 Å². The second-order valence-corrected chi connectivity index (χ2v) is 6.54. The van der Waals surface area contributed by atoms with Crippen molar-refractivity contribution in [3.05, 3.63) is 23.3 Å². The van der Waals surface area contributed by atoms with Crippen molar-refractivity contribution in [3.63, 3.8) is 0 Å². The highest BCUT2D eigenvalue weighted by Gasteiger charge is 2.39. The van der Waals surface area contributed by atoms with Crippen molar-refractivity contribution in [2.24, 2.45) is 5.73 Å². The van der Waals surface area contributed by atoms with Crippen LogP contribution in [0, 0.1) is 0 Å². The number of methoxy groups -OCH3 is 2. The number of carbonyl (C=O) groups excluding carboxylic acids is 1. The zero-order valence-corrected chi connectivity index (χ0v) is 15.7. The molecule has 25 heavy (non-hydrogen) atoms. The maximum atomic E-state index is 12.9. The van der Waals surface area contributed by atoms with Crippen molar-refractivity contribution in [2.75, 3.05) is 40.5 Å². The molecule has 140 valence electrons. The molecule has 6 nitrogen and oxygen atoms in total. The fourth-order valence-corrected chi connectivity index (χ4v) is 3.52. The number of rotatable bonds is 3. The van der Waals surface area contributed by atoms with E-state index in [9.17, 15) is 4.79 Å². The molecule has 0 bridgehead atoms. The first-order valence-corrected chi connectivity index (χ1v) is 8.47. The number of hydrogen-bond donors (Lipinski definition) is 1. The molecule has 0 saturated carbocycles. The van der Waals surface area contributed by atoms with Crippen LogP contribution in [0.4, 0.5) is 0 Å². The van der Waals surface area contributed by atoms with Gasteiger partial charge < -0.3 is 24.8 Å². The van der Waals surface area contributed by atoms with Crippen molar-refractivity contribution in [1.29, 1.82) is 0 Å². The highest BCUT2D eigenvalue weighted by atomic mass is 35.5. The van der Waals surface area contributed by atoms with Crippen molar-refractivity contribution in [1.82, 2.24) is 4.90 Å². The van der Waals surface area contributed by atoms with Crippen LogP contribution in [0.2, 0.25) is 0 Å². The maximum absolute atomic E-state index is 12.9. The van der Waals surface area contributed by atoms with E-state index < -0.39 is 5.54 Å². The summed E-state index contributed by atoms with van der Waals surface area (Å²) in [5.41, 5.74) is 8.01. The summed E-state index contributed by atoms with van der Waals surface area (Å²) >= 11 is 0. The average Bonchev–Trinajstić information content (AvgIpc) is 2.82. The van der Waals surface area contributed by atoms with E-state index in [-0.39, 0.29) is 18.3 Å². The van der Waals surface area contributed by atoms with Crippen molar-refractivity contribution < 1.29 is 19.0 Å². The van der Waals surface area contributed by atoms with E-state index in [1.807, 2.05) is 17.0 Å². The topological polar surface area (TPSA) is 74.0 Å². The lowest BCUT2D eigenvalue weighted by atomic mass is 9.89. The summed E-state index contributed by atoms with van der Waals surface area (Å²) in [6, 6.07) is 4.05. The Labute approximate surface area is 155 Å². The number of hydrogen-bond acceptors (Lipinski definition) is 5. The monoisotopic (exact) mass is 370 g/mol. The minimum absolute atomic E-state index is 0. The molecule has 1 amide bonds. The third-order valence-corrected chi connectivity index (χ3v) is 5.11. The Bertz CT molecular complexity index is 582. The van der Waals surface area contributed by atoms with E-state index in [0.717, 1.165) is 24.3 Å². The van der Waals surface area contributed by atoms with Crippen molar-refractivity contribution in [2.45, 2.75) is 31.2 Å².